The smallest absolute Gasteiger partial charge is 0.278 e. The lowest BCUT2D eigenvalue weighted by Crippen LogP contribution is -2.45. The van der Waals surface area contributed by atoms with Crippen LogP contribution in [0.1, 0.15) is 18.0 Å². The number of hydrogen-bond donors (Lipinski definition) is 1. The summed E-state index contributed by atoms with van der Waals surface area (Å²) < 4.78 is 10.5. The Kier molecular flexibility index (Phi) is 7.51. The van der Waals surface area contributed by atoms with Gasteiger partial charge in [-0.3, -0.25) is 15.0 Å². The first-order valence-electron chi connectivity index (χ1n) is 7.10. The van der Waals surface area contributed by atoms with E-state index in [1.54, 1.807) is 6.07 Å². The first-order valence-corrected chi connectivity index (χ1v) is 7.10. The minimum Gasteiger partial charge on any atom is -0.454 e. The van der Waals surface area contributed by atoms with Gasteiger partial charge in [0.1, 0.15) is 0 Å². The van der Waals surface area contributed by atoms with Gasteiger partial charge in [-0.15, -0.1) is 24.8 Å². The third-order valence-corrected chi connectivity index (χ3v) is 3.95. The Balaban J connectivity index is 0.00000144. The third kappa shape index (κ3) is 3.99. The fraction of sp³-hybridized carbons (Fsp3) is 0.500. The zero-order valence-corrected chi connectivity index (χ0v) is 14.4. The fourth-order valence-electron chi connectivity index (χ4n) is 2.89. The Morgan fingerprint density at radius 1 is 1.29 bits per heavy atom. The van der Waals surface area contributed by atoms with Gasteiger partial charge < -0.3 is 14.8 Å². The number of nitrogens with one attached hydrogen (secondary N) is 1. The van der Waals surface area contributed by atoms with E-state index in [0.29, 0.717) is 17.1 Å². The topological polar surface area (TPSA) is 101 Å². The highest BCUT2D eigenvalue weighted by Crippen LogP contribution is 2.42. The molecule has 1 atom stereocenters. The van der Waals surface area contributed by atoms with E-state index >= 15 is 0 Å². The molecule has 0 unspecified atom stereocenters. The van der Waals surface area contributed by atoms with Gasteiger partial charge in [0.2, 0.25) is 6.79 Å². The van der Waals surface area contributed by atoms with Crippen molar-refractivity contribution in [3.8, 4) is 17.6 Å². The third-order valence-electron chi connectivity index (χ3n) is 3.95. The average Bonchev–Trinajstić information content (AvgIpc) is 2.99. The largest absolute Gasteiger partial charge is 0.454 e. The molecule has 1 N–H and O–H groups in total. The summed E-state index contributed by atoms with van der Waals surface area (Å²) in [5.74, 6) is 0.880. The standard InChI is InChI=1S/C14H16N4O4.2ClH/c15-2-1-11(17-5-3-16-4-6-17)10-7-13-14(22-9-21-13)8-12(10)18(19)20;;/h7-8,11,16H,1,3-6,9H2;2*1H/t11-;;/m0../s1. The van der Waals surface area contributed by atoms with Crippen LogP contribution in [0.2, 0.25) is 0 Å². The van der Waals surface area contributed by atoms with E-state index in [1.807, 2.05) is 0 Å². The van der Waals surface area contributed by atoms with Gasteiger partial charge in [0.15, 0.2) is 11.5 Å². The normalized spacial score (nSPS) is 17.1. The van der Waals surface area contributed by atoms with Gasteiger partial charge in [-0.1, -0.05) is 0 Å². The molecule has 10 heteroatoms. The monoisotopic (exact) mass is 376 g/mol. The van der Waals surface area contributed by atoms with Crippen molar-refractivity contribution in [2.75, 3.05) is 33.0 Å². The molecule has 24 heavy (non-hydrogen) atoms. The summed E-state index contributed by atoms with van der Waals surface area (Å²) in [5, 5.41) is 23.8. The van der Waals surface area contributed by atoms with Crippen LogP contribution in [0.3, 0.4) is 0 Å². The number of halogens is 2. The van der Waals surface area contributed by atoms with Crippen LogP contribution in [0.25, 0.3) is 0 Å². The molecule has 2 aliphatic rings. The molecule has 1 fully saturated rings. The summed E-state index contributed by atoms with van der Waals surface area (Å²) in [5.41, 5.74) is 0.487. The minimum atomic E-state index is -0.427. The number of nitrogens with zero attached hydrogens (tertiary/aromatic N) is 3. The minimum absolute atomic E-state index is 0. The van der Waals surface area contributed by atoms with E-state index in [2.05, 4.69) is 16.3 Å². The van der Waals surface area contributed by atoms with Gasteiger partial charge in [-0.05, 0) is 6.07 Å². The first-order chi connectivity index (χ1) is 10.7. The number of nitro groups is 1. The van der Waals surface area contributed by atoms with Crippen molar-refractivity contribution in [1.82, 2.24) is 10.2 Å². The number of benzene rings is 1. The molecule has 0 radical (unpaired) electrons. The van der Waals surface area contributed by atoms with Crippen LogP contribution in [0.15, 0.2) is 12.1 Å². The predicted octanol–water partition coefficient (Wildman–Crippen LogP) is 2.03. The number of nitriles is 1. The Bertz CT molecular complexity index is 632. The maximum Gasteiger partial charge on any atom is 0.278 e. The van der Waals surface area contributed by atoms with Crippen molar-refractivity contribution < 1.29 is 14.4 Å². The van der Waals surface area contributed by atoms with Crippen molar-refractivity contribution in [2.24, 2.45) is 0 Å². The molecule has 0 bridgehead atoms. The van der Waals surface area contributed by atoms with E-state index in [9.17, 15) is 10.1 Å². The lowest BCUT2D eigenvalue weighted by Gasteiger charge is -2.33. The van der Waals surface area contributed by atoms with Crippen molar-refractivity contribution >= 4 is 30.5 Å². The van der Waals surface area contributed by atoms with E-state index in [-0.39, 0.29) is 49.8 Å². The second kappa shape index (κ2) is 8.89. The maximum atomic E-state index is 11.4. The summed E-state index contributed by atoms with van der Waals surface area (Å²) in [6.07, 6.45) is 0.195. The van der Waals surface area contributed by atoms with Gasteiger partial charge in [-0.2, -0.15) is 5.26 Å². The lowest BCUT2D eigenvalue weighted by molar-refractivity contribution is -0.386. The predicted molar refractivity (Wildman–Crippen MR) is 91.1 cm³/mol. The molecule has 132 valence electrons. The van der Waals surface area contributed by atoms with Gasteiger partial charge in [0, 0.05) is 26.2 Å². The Hall–Kier alpha value is -1.79. The molecule has 0 aromatic heterocycles. The summed E-state index contributed by atoms with van der Waals surface area (Å²) in [7, 11) is 0. The van der Waals surface area contributed by atoms with Crippen molar-refractivity contribution in [1.29, 1.82) is 5.26 Å². The second-order valence-electron chi connectivity index (χ2n) is 5.19. The summed E-state index contributed by atoms with van der Waals surface area (Å²) >= 11 is 0. The highest BCUT2D eigenvalue weighted by atomic mass is 35.5. The summed E-state index contributed by atoms with van der Waals surface area (Å²) in [6, 6.07) is 4.86. The second-order valence-corrected chi connectivity index (χ2v) is 5.19. The summed E-state index contributed by atoms with van der Waals surface area (Å²) in [4.78, 5) is 13.1. The highest BCUT2D eigenvalue weighted by Gasteiger charge is 2.31. The van der Waals surface area contributed by atoms with Crippen molar-refractivity contribution in [3.05, 3.63) is 27.8 Å². The van der Waals surface area contributed by atoms with Gasteiger partial charge >= 0.3 is 0 Å². The molecule has 0 amide bonds. The molecular weight excluding hydrogens is 359 g/mol. The highest BCUT2D eigenvalue weighted by molar-refractivity contribution is 5.85. The summed E-state index contributed by atoms with van der Waals surface area (Å²) in [6.45, 7) is 3.17. The fourth-order valence-corrected chi connectivity index (χ4v) is 2.89. The van der Waals surface area contributed by atoms with E-state index in [0.717, 1.165) is 26.2 Å². The van der Waals surface area contributed by atoms with Crippen LogP contribution in [-0.4, -0.2) is 42.8 Å². The zero-order valence-electron chi connectivity index (χ0n) is 12.8. The quantitative estimate of drug-likeness (QED) is 0.633. The van der Waals surface area contributed by atoms with E-state index < -0.39 is 4.92 Å². The number of fused-ring (bicyclic) bond motifs is 1. The molecule has 1 aromatic carbocycles. The Morgan fingerprint density at radius 3 is 2.50 bits per heavy atom. The van der Waals surface area contributed by atoms with Crippen LogP contribution in [0.5, 0.6) is 11.5 Å². The van der Waals surface area contributed by atoms with Crippen LogP contribution < -0.4 is 14.8 Å². The van der Waals surface area contributed by atoms with Crippen LogP contribution in [0.4, 0.5) is 5.69 Å². The van der Waals surface area contributed by atoms with Crippen molar-refractivity contribution in [3.63, 3.8) is 0 Å². The van der Waals surface area contributed by atoms with Crippen LogP contribution in [0, 0.1) is 21.4 Å². The number of rotatable bonds is 4. The van der Waals surface area contributed by atoms with Crippen LogP contribution >= 0.6 is 24.8 Å². The molecule has 1 saturated heterocycles. The van der Waals surface area contributed by atoms with Gasteiger partial charge in [-0.25, -0.2) is 0 Å². The molecule has 0 saturated carbocycles. The Morgan fingerprint density at radius 2 is 1.92 bits per heavy atom. The lowest BCUT2D eigenvalue weighted by atomic mass is 9.99. The van der Waals surface area contributed by atoms with Crippen LogP contribution in [-0.2, 0) is 0 Å². The molecule has 0 spiro atoms. The van der Waals surface area contributed by atoms with Gasteiger partial charge in [0.05, 0.1) is 35.1 Å². The van der Waals surface area contributed by atoms with E-state index in [4.69, 9.17) is 14.7 Å². The molecule has 0 aliphatic carbocycles. The SMILES string of the molecule is Cl.Cl.N#CC[C@@H](c1cc2c(cc1[N+](=O)[O-])OCO2)N1CCNCC1. The number of nitro benzene ring substituents is 1. The molecular formula is C14H18Cl2N4O4. The van der Waals surface area contributed by atoms with E-state index in [1.165, 1.54) is 6.07 Å². The molecule has 8 nitrogen and oxygen atoms in total. The van der Waals surface area contributed by atoms with Crippen molar-refractivity contribution in [2.45, 2.75) is 12.5 Å². The number of ether oxygens (including phenoxy) is 2. The zero-order chi connectivity index (χ0) is 15.5. The number of hydrogen-bond acceptors (Lipinski definition) is 7. The number of piperazine rings is 1. The Labute approximate surface area is 151 Å². The molecule has 2 heterocycles. The molecule has 3 rings (SSSR count). The first kappa shape index (κ1) is 20.3. The van der Waals surface area contributed by atoms with Gasteiger partial charge in [0.25, 0.3) is 5.69 Å². The molecule has 1 aromatic rings. The maximum absolute atomic E-state index is 11.4. The molecule has 2 aliphatic heterocycles. The average molecular weight is 377 g/mol.